The van der Waals surface area contributed by atoms with E-state index in [1.54, 1.807) is 19.2 Å². The highest BCUT2D eigenvalue weighted by atomic mass is 32.1. The number of pyridine rings is 1. The van der Waals surface area contributed by atoms with Crippen LogP contribution in [0.3, 0.4) is 0 Å². The number of benzene rings is 1. The molecular formula is C24H25N5O4S. The Bertz CT molecular complexity index is 1290. The SMILES string of the molecule is COc1ccn2c(-c3csc(Nc4ccc(C(=O)NOC5CCCCO5)cc4)n3)c(C)nc2c1. The summed E-state index contributed by atoms with van der Waals surface area (Å²) >= 11 is 1.50. The first-order valence-electron chi connectivity index (χ1n) is 11.0. The second-order valence-electron chi connectivity index (χ2n) is 7.93. The van der Waals surface area contributed by atoms with E-state index in [2.05, 4.69) is 15.8 Å². The van der Waals surface area contributed by atoms with Gasteiger partial charge in [-0.05, 0) is 50.1 Å². The van der Waals surface area contributed by atoms with Crippen molar-refractivity contribution in [3.63, 3.8) is 0 Å². The fourth-order valence-corrected chi connectivity index (χ4v) is 4.55. The molecule has 1 amide bonds. The van der Waals surface area contributed by atoms with Crippen LogP contribution in [0.15, 0.2) is 48.0 Å². The van der Waals surface area contributed by atoms with E-state index in [9.17, 15) is 4.79 Å². The van der Waals surface area contributed by atoms with Crippen LogP contribution in [0.25, 0.3) is 17.0 Å². The summed E-state index contributed by atoms with van der Waals surface area (Å²) in [5.41, 5.74) is 7.27. The van der Waals surface area contributed by atoms with Gasteiger partial charge in [-0.15, -0.1) is 11.3 Å². The van der Waals surface area contributed by atoms with Crippen molar-refractivity contribution >= 4 is 33.7 Å². The smallest absolute Gasteiger partial charge is 0.274 e. The van der Waals surface area contributed by atoms with Crippen molar-refractivity contribution in [2.75, 3.05) is 19.0 Å². The van der Waals surface area contributed by atoms with Crippen molar-refractivity contribution in [1.82, 2.24) is 19.8 Å². The van der Waals surface area contributed by atoms with Gasteiger partial charge in [0.1, 0.15) is 17.1 Å². The standard InChI is InChI=1S/C24H25N5O4S/c1-15-22(29-11-10-18(31-2)13-20(29)25-15)19-14-34-24(27-19)26-17-8-6-16(7-9-17)23(30)28-33-21-5-3-4-12-32-21/h6-11,13-14,21H,3-5,12H2,1-2H3,(H,26,27)(H,28,30). The Kier molecular flexibility index (Phi) is 6.43. The number of carbonyl (C=O) groups is 1. The topological polar surface area (TPSA) is 99.0 Å². The van der Waals surface area contributed by atoms with Gasteiger partial charge in [-0.3, -0.25) is 9.20 Å². The van der Waals surface area contributed by atoms with Crippen molar-refractivity contribution in [3.8, 4) is 17.1 Å². The number of imidazole rings is 1. The minimum atomic E-state index is -0.378. The van der Waals surface area contributed by atoms with Crippen LogP contribution in [0, 0.1) is 6.92 Å². The number of fused-ring (bicyclic) bond motifs is 1. The Morgan fingerprint density at radius 3 is 2.82 bits per heavy atom. The van der Waals surface area contributed by atoms with Gasteiger partial charge in [0.2, 0.25) is 0 Å². The summed E-state index contributed by atoms with van der Waals surface area (Å²) < 4.78 is 12.8. The van der Waals surface area contributed by atoms with Gasteiger partial charge in [-0.25, -0.2) is 20.3 Å². The van der Waals surface area contributed by atoms with Gasteiger partial charge in [0.25, 0.3) is 5.91 Å². The van der Waals surface area contributed by atoms with Crippen LogP contribution in [-0.2, 0) is 9.57 Å². The average molecular weight is 480 g/mol. The lowest BCUT2D eigenvalue weighted by Crippen LogP contribution is -2.33. The van der Waals surface area contributed by atoms with E-state index < -0.39 is 0 Å². The van der Waals surface area contributed by atoms with Crippen molar-refractivity contribution in [1.29, 1.82) is 0 Å². The molecule has 0 spiro atoms. The normalized spacial score (nSPS) is 15.9. The number of amides is 1. The van der Waals surface area contributed by atoms with E-state index in [1.165, 1.54) is 11.3 Å². The second kappa shape index (κ2) is 9.80. The van der Waals surface area contributed by atoms with E-state index >= 15 is 0 Å². The van der Waals surface area contributed by atoms with Crippen molar-refractivity contribution in [2.24, 2.45) is 0 Å². The van der Waals surface area contributed by atoms with Crippen molar-refractivity contribution in [2.45, 2.75) is 32.5 Å². The Balaban J connectivity index is 1.25. The Morgan fingerprint density at radius 2 is 2.06 bits per heavy atom. The predicted octanol–water partition coefficient (Wildman–Crippen LogP) is 4.71. The molecule has 1 aliphatic heterocycles. The molecule has 9 nitrogen and oxygen atoms in total. The maximum absolute atomic E-state index is 12.3. The first-order chi connectivity index (χ1) is 16.6. The molecule has 1 aromatic carbocycles. The van der Waals surface area contributed by atoms with Crippen LogP contribution in [0.2, 0.25) is 0 Å². The number of rotatable bonds is 7. The number of ether oxygens (including phenoxy) is 2. The fraction of sp³-hybridized carbons (Fsp3) is 0.292. The van der Waals surface area contributed by atoms with Gasteiger partial charge in [0.05, 0.1) is 18.5 Å². The van der Waals surface area contributed by atoms with E-state index in [0.29, 0.717) is 12.2 Å². The molecule has 176 valence electrons. The van der Waals surface area contributed by atoms with Crippen LogP contribution in [0.5, 0.6) is 5.75 Å². The monoisotopic (exact) mass is 479 g/mol. The number of nitrogens with one attached hydrogen (secondary N) is 2. The third kappa shape index (κ3) is 4.74. The molecule has 1 saturated heterocycles. The summed E-state index contributed by atoms with van der Waals surface area (Å²) in [5.74, 6) is 0.452. The molecule has 1 unspecified atom stereocenters. The Morgan fingerprint density at radius 1 is 1.21 bits per heavy atom. The Labute approximate surface area is 200 Å². The number of nitrogens with zero attached hydrogens (tertiary/aromatic N) is 3. The third-order valence-corrected chi connectivity index (χ3v) is 6.33. The number of thiazole rings is 1. The minimum absolute atomic E-state index is 0.308. The highest BCUT2D eigenvalue weighted by Gasteiger charge is 2.17. The molecule has 10 heteroatoms. The average Bonchev–Trinajstić information content (AvgIpc) is 3.45. The maximum atomic E-state index is 12.3. The number of anilines is 2. The summed E-state index contributed by atoms with van der Waals surface area (Å²) in [5, 5.41) is 6.04. The number of hydrogen-bond donors (Lipinski definition) is 2. The molecule has 34 heavy (non-hydrogen) atoms. The van der Waals surface area contributed by atoms with Crippen LogP contribution >= 0.6 is 11.3 Å². The molecule has 1 aliphatic rings. The van der Waals surface area contributed by atoms with E-state index in [0.717, 1.165) is 58.6 Å². The molecule has 0 saturated carbocycles. The lowest BCUT2D eigenvalue weighted by Gasteiger charge is -2.22. The summed E-state index contributed by atoms with van der Waals surface area (Å²) in [4.78, 5) is 27.1. The van der Waals surface area contributed by atoms with E-state index in [-0.39, 0.29) is 12.2 Å². The minimum Gasteiger partial charge on any atom is -0.497 e. The van der Waals surface area contributed by atoms with Crippen molar-refractivity contribution < 1.29 is 19.1 Å². The number of aromatic nitrogens is 3. The van der Waals surface area contributed by atoms with E-state index in [1.807, 2.05) is 47.2 Å². The van der Waals surface area contributed by atoms with Crippen LogP contribution in [0.1, 0.15) is 35.3 Å². The van der Waals surface area contributed by atoms with Gasteiger partial charge in [-0.2, -0.15) is 0 Å². The number of carbonyl (C=O) groups excluding carboxylic acids is 1. The molecule has 0 aliphatic carbocycles. The van der Waals surface area contributed by atoms with Gasteiger partial charge < -0.3 is 14.8 Å². The number of hydroxylamine groups is 1. The second-order valence-corrected chi connectivity index (χ2v) is 8.78. The molecule has 0 radical (unpaired) electrons. The predicted molar refractivity (Wildman–Crippen MR) is 129 cm³/mol. The fourth-order valence-electron chi connectivity index (χ4n) is 3.83. The van der Waals surface area contributed by atoms with E-state index in [4.69, 9.17) is 19.3 Å². The van der Waals surface area contributed by atoms with Crippen LogP contribution < -0.4 is 15.5 Å². The van der Waals surface area contributed by atoms with Gasteiger partial charge in [0, 0.05) is 41.9 Å². The Hall–Kier alpha value is -3.47. The zero-order valence-electron chi connectivity index (χ0n) is 18.9. The molecule has 1 atom stereocenters. The number of hydrogen-bond acceptors (Lipinski definition) is 8. The summed E-state index contributed by atoms with van der Waals surface area (Å²) in [6.07, 6.45) is 4.39. The molecule has 0 bridgehead atoms. The molecular weight excluding hydrogens is 454 g/mol. The molecule has 5 rings (SSSR count). The first-order valence-corrected chi connectivity index (χ1v) is 11.9. The molecule has 3 aromatic heterocycles. The third-order valence-electron chi connectivity index (χ3n) is 5.57. The largest absolute Gasteiger partial charge is 0.497 e. The highest BCUT2D eigenvalue weighted by Crippen LogP contribution is 2.30. The summed E-state index contributed by atoms with van der Waals surface area (Å²) in [6, 6.07) is 10.9. The lowest BCUT2D eigenvalue weighted by molar-refractivity contribution is -0.186. The molecule has 2 N–H and O–H groups in total. The lowest BCUT2D eigenvalue weighted by atomic mass is 10.2. The zero-order chi connectivity index (χ0) is 23.5. The molecule has 1 fully saturated rings. The quantitative estimate of drug-likeness (QED) is 0.371. The number of methoxy groups -OCH3 is 1. The van der Waals surface area contributed by atoms with Gasteiger partial charge in [0.15, 0.2) is 11.4 Å². The van der Waals surface area contributed by atoms with Crippen LogP contribution in [-0.4, -0.2) is 40.3 Å². The highest BCUT2D eigenvalue weighted by molar-refractivity contribution is 7.14. The van der Waals surface area contributed by atoms with Gasteiger partial charge in [-0.1, -0.05) is 0 Å². The summed E-state index contributed by atoms with van der Waals surface area (Å²) in [7, 11) is 1.64. The molecule has 4 aromatic rings. The zero-order valence-corrected chi connectivity index (χ0v) is 19.7. The summed E-state index contributed by atoms with van der Waals surface area (Å²) in [6.45, 7) is 2.63. The van der Waals surface area contributed by atoms with Crippen LogP contribution in [0.4, 0.5) is 10.8 Å². The van der Waals surface area contributed by atoms with Crippen molar-refractivity contribution in [3.05, 3.63) is 59.2 Å². The maximum Gasteiger partial charge on any atom is 0.274 e. The van der Waals surface area contributed by atoms with Gasteiger partial charge >= 0.3 is 0 Å². The first kappa shape index (κ1) is 22.3. The number of aryl methyl sites for hydroxylation is 1. The molecule has 4 heterocycles.